The molecular weight excluding hydrogens is 404 g/mol. The summed E-state index contributed by atoms with van der Waals surface area (Å²) in [5, 5.41) is 5.61. The summed E-state index contributed by atoms with van der Waals surface area (Å²) >= 11 is 1.49. The van der Waals surface area contributed by atoms with Gasteiger partial charge in [-0.25, -0.2) is 13.3 Å². The van der Waals surface area contributed by atoms with E-state index in [4.69, 9.17) is 9.84 Å². The molecule has 0 unspecified atom stereocenters. The molecule has 4 nitrogen and oxygen atoms in total. The molecule has 1 saturated carbocycles. The number of ether oxygens (including phenoxy) is 1. The molecule has 0 saturated heterocycles. The average Bonchev–Trinajstić information content (AvgIpc) is 3.43. The van der Waals surface area contributed by atoms with Crippen molar-refractivity contribution in [2.24, 2.45) is 5.92 Å². The van der Waals surface area contributed by atoms with Crippen LogP contribution in [0, 0.1) is 19.8 Å². The Hall–Kier alpha value is -2.28. The van der Waals surface area contributed by atoms with Crippen molar-refractivity contribution < 1.29 is 13.5 Å². The van der Waals surface area contributed by atoms with E-state index in [0.29, 0.717) is 12.5 Å². The lowest BCUT2D eigenvalue weighted by Gasteiger charge is -2.24. The third kappa shape index (κ3) is 4.00. The molecule has 0 aliphatic heterocycles. The number of nitrogens with zero attached hydrogens (tertiary/aromatic N) is 3. The molecule has 0 spiro atoms. The first-order chi connectivity index (χ1) is 14.4. The zero-order chi connectivity index (χ0) is 21.4. The molecule has 2 aromatic heterocycles. The van der Waals surface area contributed by atoms with Crippen molar-refractivity contribution in [2.45, 2.75) is 38.1 Å². The molecule has 1 fully saturated rings. The summed E-state index contributed by atoms with van der Waals surface area (Å²) in [4.78, 5) is 1.83. The highest BCUT2D eigenvalue weighted by molar-refractivity contribution is 7.98. The van der Waals surface area contributed by atoms with Gasteiger partial charge in [-0.05, 0) is 68.2 Å². The molecule has 1 aliphatic rings. The Morgan fingerprint density at radius 2 is 2.03 bits per heavy atom. The van der Waals surface area contributed by atoms with Crippen LogP contribution in [0.15, 0.2) is 35.4 Å². The Balaban J connectivity index is 1.92. The summed E-state index contributed by atoms with van der Waals surface area (Å²) in [7, 11) is 1.67. The van der Waals surface area contributed by atoms with Gasteiger partial charge in [-0.2, -0.15) is 5.10 Å². The molecule has 0 N–H and O–H groups in total. The van der Waals surface area contributed by atoms with E-state index >= 15 is 0 Å². The number of hydrogen-bond acceptors (Lipinski definition) is 4. The maximum absolute atomic E-state index is 13.4. The van der Waals surface area contributed by atoms with Gasteiger partial charge in [0.25, 0.3) is 6.43 Å². The van der Waals surface area contributed by atoms with Crippen LogP contribution in [0.4, 0.5) is 14.5 Å². The molecule has 0 amide bonds. The molecule has 4 rings (SSSR count). The number of benzene rings is 1. The van der Waals surface area contributed by atoms with Gasteiger partial charge in [0.1, 0.15) is 10.8 Å². The van der Waals surface area contributed by atoms with Crippen LogP contribution < -0.4 is 9.64 Å². The smallest absolute Gasteiger partial charge is 0.255 e. The summed E-state index contributed by atoms with van der Waals surface area (Å²) in [6, 6.07) is 10.1. The zero-order valence-electron chi connectivity index (χ0n) is 17.8. The maximum Gasteiger partial charge on any atom is 0.255 e. The number of fused-ring (bicyclic) bond motifs is 1. The first-order valence-corrected chi connectivity index (χ1v) is 11.4. The van der Waals surface area contributed by atoms with Gasteiger partial charge in [-0.15, -0.1) is 11.8 Å². The predicted octanol–water partition coefficient (Wildman–Crippen LogP) is 5.83. The number of rotatable bonds is 8. The third-order valence-electron chi connectivity index (χ3n) is 5.56. The standard InChI is InChI=1S/C23H27F2N3OS/c1-14-10-15(2)21(19(11-14)29-3)17-6-5-7-18-22(23(30-4)26-28(17)18)27(13-20(24)25)12-16-8-9-16/h5-7,10-11,16,20H,8-9,12-13H2,1-4H3. The molecule has 0 bridgehead atoms. The highest BCUT2D eigenvalue weighted by Gasteiger charge is 2.30. The lowest BCUT2D eigenvalue weighted by atomic mass is 10.0. The molecule has 0 radical (unpaired) electrons. The first kappa shape index (κ1) is 21.0. The molecule has 160 valence electrons. The van der Waals surface area contributed by atoms with Crippen molar-refractivity contribution in [3.05, 3.63) is 41.5 Å². The Morgan fingerprint density at radius 3 is 2.67 bits per heavy atom. The maximum atomic E-state index is 13.4. The van der Waals surface area contributed by atoms with Gasteiger partial charge >= 0.3 is 0 Å². The van der Waals surface area contributed by atoms with Crippen molar-refractivity contribution in [3.63, 3.8) is 0 Å². The van der Waals surface area contributed by atoms with Gasteiger partial charge in [0.2, 0.25) is 0 Å². The summed E-state index contributed by atoms with van der Waals surface area (Å²) in [5.74, 6) is 1.28. The molecule has 3 aromatic rings. The van der Waals surface area contributed by atoms with Crippen molar-refractivity contribution >= 4 is 23.0 Å². The largest absolute Gasteiger partial charge is 0.496 e. The summed E-state index contributed by atoms with van der Waals surface area (Å²) < 4.78 is 34.4. The van der Waals surface area contributed by atoms with Crippen LogP contribution in [0.25, 0.3) is 16.8 Å². The summed E-state index contributed by atoms with van der Waals surface area (Å²) in [5.41, 5.74) is 5.73. The van der Waals surface area contributed by atoms with E-state index in [9.17, 15) is 8.78 Å². The van der Waals surface area contributed by atoms with E-state index in [2.05, 4.69) is 13.0 Å². The Bertz CT molecular complexity index is 1060. The van der Waals surface area contributed by atoms with Crippen LogP contribution in [-0.2, 0) is 0 Å². The summed E-state index contributed by atoms with van der Waals surface area (Å²) in [6.45, 7) is 4.47. The molecule has 7 heteroatoms. The van der Waals surface area contributed by atoms with Crippen LogP contribution in [0.5, 0.6) is 5.75 Å². The van der Waals surface area contributed by atoms with E-state index < -0.39 is 6.43 Å². The Labute approximate surface area is 180 Å². The molecule has 2 heterocycles. The van der Waals surface area contributed by atoms with Crippen molar-refractivity contribution in [3.8, 4) is 17.0 Å². The minimum absolute atomic E-state index is 0.275. The molecule has 1 aliphatic carbocycles. The highest BCUT2D eigenvalue weighted by Crippen LogP contribution is 2.40. The molecule has 30 heavy (non-hydrogen) atoms. The number of pyridine rings is 1. The van der Waals surface area contributed by atoms with Crippen molar-refractivity contribution in [2.75, 3.05) is 31.4 Å². The summed E-state index contributed by atoms with van der Waals surface area (Å²) in [6.07, 6.45) is 1.77. The number of thioether (sulfide) groups is 1. The normalized spacial score (nSPS) is 14.0. The predicted molar refractivity (Wildman–Crippen MR) is 119 cm³/mol. The van der Waals surface area contributed by atoms with Crippen molar-refractivity contribution in [1.82, 2.24) is 9.61 Å². The van der Waals surface area contributed by atoms with Crippen LogP contribution in [0.3, 0.4) is 0 Å². The monoisotopic (exact) mass is 431 g/mol. The lowest BCUT2D eigenvalue weighted by molar-refractivity contribution is 0.154. The number of hydrogen-bond donors (Lipinski definition) is 0. The van der Waals surface area contributed by atoms with E-state index in [1.54, 1.807) is 7.11 Å². The van der Waals surface area contributed by atoms with Gasteiger partial charge < -0.3 is 9.64 Å². The fraction of sp³-hybridized carbons (Fsp3) is 0.435. The van der Waals surface area contributed by atoms with Crippen LogP contribution in [-0.4, -0.2) is 42.5 Å². The van der Waals surface area contributed by atoms with E-state index in [-0.39, 0.29) is 6.54 Å². The van der Waals surface area contributed by atoms with Crippen LogP contribution in [0.1, 0.15) is 24.0 Å². The Kier molecular flexibility index (Phi) is 5.91. The number of methoxy groups -OCH3 is 1. The van der Waals surface area contributed by atoms with Gasteiger partial charge in [0.05, 0.1) is 30.6 Å². The van der Waals surface area contributed by atoms with Crippen molar-refractivity contribution in [1.29, 1.82) is 0 Å². The minimum Gasteiger partial charge on any atom is -0.496 e. The number of aryl methyl sites for hydroxylation is 2. The molecule has 1 aromatic carbocycles. The fourth-order valence-electron chi connectivity index (χ4n) is 4.11. The van der Waals surface area contributed by atoms with Gasteiger partial charge in [0.15, 0.2) is 0 Å². The van der Waals surface area contributed by atoms with Gasteiger partial charge in [-0.3, -0.25) is 0 Å². The highest BCUT2D eigenvalue weighted by atomic mass is 32.2. The molecular formula is C23H27F2N3OS. The Morgan fingerprint density at radius 1 is 1.27 bits per heavy atom. The topological polar surface area (TPSA) is 29.8 Å². The van der Waals surface area contributed by atoms with E-state index in [0.717, 1.165) is 57.2 Å². The fourth-order valence-corrected chi connectivity index (χ4v) is 4.70. The number of aromatic nitrogens is 2. The second-order valence-corrected chi connectivity index (χ2v) is 8.76. The third-order valence-corrected chi connectivity index (χ3v) is 6.23. The average molecular weight is 432 g/mol. The second kappa shape index (κ2) is 8.46. The van der Waals surface area contributed by atoms with Crippen LogP contribution in [0.2, 0.25) is 0 Å². The number of alkyl halides is 2. The van der Waals surface area contributed by atoms with Crippen LogP contribution >= 0.6 is 11.8 Å². The SMILES string of the molecule is COc1cc(C)cc(C)c1-c1cccc2c(N(CC(F)F)CC3CC3)c(SC)nn12. The van der Waals surface area contributed by atoms with E-state index in [1.165, 1.54) is 11.8 Å². The molecule has 0 atom stereocenters. The number of halogens is 2. The number of anilines is 1. The van der Waals surface area contributed by atoms with E-state index in [1.807, 2.05) is 46.9 Å². The van der Waals surface area contributed by atoms with Gasteiger partial charge in [-0.1, -0.05) is 12.1 Å². The quantitative estimate of drug-likeness (QED) is 0.420. The zero-order valence-corrected chi connectivity index (χ0v) is 18.6. The minimum atomic E-state index is -2.39. The lowest BCUT2D eigenvalue weighted by Crippen LogP contribution is -2.31. The van der Waals surface area contributed by atoms with Gasteiger partial charge in [0, 0.05) is 12.1 Å². The second-order valence-electron chi connectivity index (χ2n) is 7.96. The first-order valence-electron chi connectivity index (χ1n) is 10.2.